The number of rotatable bonds is 7. The molecule has 0 radical (unpaired) electrons. The van der Waals surface area contributed by atoms with E-state index in [1.807, 2.05) is 0 Å². The van der Waals surface area contributed by atoms with Crippen LogP contribution in [0.15, 0.2) is 72.8 Å². The number of nitrogens with one attached hydrogen (secondary N) is 1. The van der Waals surface area contributed by atoms with Crippen LogP contribution in [-0.2, 0) is 11.4 Å². The van der Waals surface area contributed by atoms with Gasteiger partial charge in [0.15, 0.2) is 0 Å². The maximum Gasteiger partial charge on any atom is 0.234 e. The molecular weight excluding hydrogens is 380 g/mol. The second kappa shape index (κ2) is 9.48. The molecule has 3 aromatic carbocycles. The molecular formula is C22H19F2NO2S. The molecule has 28 heavy (non-hydrogen) atoms. The molecule has 0 atom stereocenters. The molecule has 0 aliphatic heterocycles. The largest absolute Gasteiger partial charge is 0.392 e. The zero-order valence-corrected chi connectivity index (χ0v) is 15.8. The lowest BCUT2D eigenvalue weighted by Crippen LogP contribution is -2.15. The molecule has 2 N–H and O–H groups in total. The van der Waals surface area contributed by atoms with Crippen molar-refractivity contribution in [1.82, 2.24) is 0 Å². The van der Waals surface area contributed by atoms with Crippen molar-refractivity contribution in [2.45, 2.75) is 11.9 Å². The summed E-state index contributed by atoms with van der Waals surface area (Å²) in [7, 11) is 0. The Balaban J connectivity index is 1.72. The number of aliphatic hydroxyl groups is 1. The van der Waals surface area contributed by atoms with Gasteiger partial charge in [0.1, 0.15) is 11.6 Å². The van der Waals surface area contributed by atoms with E-state index in [1.54, 1.807) is 48.5 Å². The molecule has 0 heterocycles. The average Bonchev–Trinajstić information content (AvgIpc) is 2.71. The van der Waals surface area contributed by atoms with E-state index in [0.29, 0.717) is 11.3 Å². The monoisotopic (exact) mass is 399 g/mol. The van der Waals surface area contributed by atoms with Crippen LogP contribution in [-0.4, -0.2) is 16.8 Å². The Morgan fingerprint density at radius 1 is 0.929 bits per heavy atom. The number of anilines is 1. The molecule has 144 valence electrons. The number of carbonyl (C=O) groups is 1. The van der Waals surface area contributed by atoms with Crippen LogP contribution in [0.1, 0.15) is 21.9 Å². The van der Waals surface area contributed by atoms with Crippen LogP contribution in [0.2, 0.25) is 0 Å². The fourth-order valence-electron chi connectivity index (χ4n) is 2.76. The number of benzene rings is 3. The smallest absolute Gasteiger partial charge is 0.234 e. The summed E-state index contributed by atoms with van der Waals surface area (Å²) >= 11 is 1.37. The van der Waals surface area contributed by atoms with Crippen molar-refractivity contribution in [3.05, 3.63) is 101 Å². The molecule has 3 aromatic rings. The molecule has 0 saturated heterocycles. The normalized spacial score (nSPS) is 10.9. The van der Waals surface area contributed by atoms with Crippen molar-refractivity contribution in [3.8, 4) is 0 Å². The van der Waals surface area contributed by atoms with Gasteiger partial charge in [0.2, 0.25) is 5.91 Å². The van der Waals surface area contributed by atoms with Crippen LogP contribution < -0.4 is 5.32 Å². The maximum atomic E-state index is 13.3. The molecule has 0 unspecified atom stereocenters. The molecule has 3 nitrogen and oxygen atoms in total. The summed E-state index contributed by atoms with van der Waals surface area (Å²) in [6.07, 6.45) is 0. The molecule has 1 amide bonds. The third-order valence-corrected chi connectivity index (χ3v) is 5.43. The molecule has 0 bridgehead atoms. The van der Waals surface area contributed by atoms with Crippen molar-refractivity contribution in [2.75, 3.05) is 11.1 Å². The number of thioether (sulfide) groups is 1. The first-order valence-corrected chi connectivity index (χ1v) is 9.72. The Kier molecular flexibility index (Phi) is 6.79. The van der Waals surface area contributed by atoms with Gasteiger partial charge >= 0.3 is 0 Å². The van der Waals surface area contributed by atoms with E-state index in [1.165, 1.54) is 36.0 Å². The van der Waals surface area contributed by atoms with Crippen molar-refractivity contribution in [3.63, 3.8) is 0 Å². The molecule has 0 saturated carbocycles. The van der Waals surface area contributed by atoms with E-state index >= 15 is 0 Å². The second-order valence-corrected chi connectivity index (χ2v) is 7.29. The molecule has 0 spiro atoms. The molecule has 0 aromatic heterocycles. The Bertz CT molecular complexity index is 885. The topological polar surface area (TPSA) is 49.3 Å². The second-order valence-electron chi connectivity index (χ2n) is 6.20. The minimum atomic E-state index is -0.340. The first-order valence-electron chi connectivity index (χ1n) is 8.67. The molecule has 0 aliphatic carbocycles. The average molecular weight is 399 g/mol. The first-order chi connectivity index (χ1) is 13.5. The van der Waals surface area contributed by atoms with Gasteiger partial charge in [0.05, 0.1) is 17.6 Å². The predicted octanol–water partition coefficient (Wildman–Crippen LogP) is 4.92. The number of carbonyl (C=O) groups excluding carboxylic acids is 1. The highest BCUT2D eigenvalue weighted by Crippen LogP contribution is 2.35. The summed E-state index contributed by atoms with van der Waals surface area (Å²) in [5.74, 6) is -0.724. The van der Waals surface area contributed by atoms with E-state index in [2.05, 4.69) is 5.32 Å². The lowest BCUT2D eigenvalue weighted by molar-refractivity contribution is -0.113. The van der Waals surface area contributed by atoms with Gasteiger partial charge in [0, 0.05) is 5.69 Å². The van der Waals surface area contributed by atoms with Crippen molar-refractivity contribution < 1.29 is 18.7 Å². The van der Waals surface area contributed by atoms with Gasteiger partial charge in [-0.25, -0.2) is 8.78 Å². The Morgan fingerprint density at radius 3 is 2.04 bits per heavy atom. The predicted molar refractivity (Wildman–Crippen MR) is 108 cm³/mol. The quantitative estimate of drug-likeness (QED) is 0.593. The van der Waals surface area contributed by atoms with Crippen LogP contribution in [0, 0.1) is 11.6 Å². The molecule has 6 heteroatoms. The van der Waals surface area contributed by atoms with Crippen LogP contribution in [0.3, 0.4) is 0 Å². The third kappa shape index (κ3) is 5.41. The van der Waals surface area contributed by atoms with Gasteiger partial charge in [-0.2, -0.15) is 0 Å². The van der Waals surface area contributed by atoms with E-state index in [4.69, 9.17) is 0 Å². The zero-order valence-electron chi connectivity index (χ0n) is 14.9. The maximum absolute atomic E-state index is 13.3. The summed E-state index contributed by atoms with van der Waals surface area (Å²) in [6, 6.07) is 19.1. The summed E-state index contributed by atoms with van der Waals surface area (Å²) in [5, 5.41) is 11.8. The highest BCUT2D eigenvalue weighted by Gasteiger charge is 2.17. The minimum absolute atomic E-state index is 0.102. The number of hydrogen-bond acceptors (Lipinski definition) is 3. The molecule has 0 aliphatic rings. The number of aliphatic hydroxyl groups excluding tert-OH is 1. The van der Waals surface area contributed by atoms with Gasteiger partial charge in [-0.15, -0.1) is 11.8 Å². The highest BCUT2D eigenvalue weighted by molar-refractivity contribution is 8.00. The Morgan fingerprint density at radius 2 is 1.50 bits per heavy atom. The first kappa shape index (κ1) is 20.0. The summed E-state index contributed by atoms with van der Waals surface area (Å²) in [6.45, 7) is -0.102. The lowest BCUT2D eigenvalue weighted by Gasteiger charge is -2.18. The van der Waals surface area contributed by atoms with E-state index in [-0.39, 0.29) is 35.2 Å². The van der Waals surface area contributed by atoms with Crippen molar-refractivity contribution in [1.29, 1.82) is 0 Å². The number of hydrogen-bond donors (Lipinski definition) is 2. The third-order valence-electron chi connectivity index (χ3n) is 4.12. The van der Waals surface area contributed by atoms with Gasteiger partial charge < -0.3 is 10.4 Å². The lowest BCUT2D eigenvalue weighted by atomic mass is 10.0. The van der Waals surface area contributed by atoms with Gasteiger partial charge in [-0.3, -0.25) is 4.79 Å². The molecule has 3 rings (SSSR count). The van der Waals surface area contributed by atoms with E-state index < -0.39 is 0 Å². The van der Waals surface area contributed by atoms with Crippen LogP contribution >= 0.6 is 11.8 Å². The van der Waals surface area contributed by atoms with Crippen LogP contribution in [0.5, 0.6) is 0 Å². The summed E-state index contributed by atoms with van der Waals surface area (Å²) in [5.41, 5.74) is 2.97. The summed E-state index contributed by atoms with van der Waals surface area (Å²) < 4.78 is 26.6. The molecule has 0 fully saturated rings. The van der Waals surface area contributed by atoms with E-state index in [9.17, 15) is 18.7 Å². The fraction of sp³-hybridized carbons (Fsp3) is 0.136. The van der Waals surface area contributed by atoms with Gasteiger partial charge in [-0.05, 0) is 53.1 Å². The van der Waals surface area contributed by atoms with Crippen LogP contribution in [0.4, 0.5) is 14.5 Å². The number of halogens is 2. The standard InChI is InChI=1S/C22H19F2NO2S/c23-18-8-4-16(5-9-18)22(17-6-10-19(24)11-7-17)28-14-21(27)25-20-3-1-2-15(12-20)13-26/h1-12,22,26H,13-14H2,(H,25,27). The Hall–Kier alpha value is -2.70. The minimum Gasteiger partial charge on any atom is -0.392 e. The van der Waals surface area contributed by atoms with Crippen LogP contribution in [0.25, 0.3) is 0 Å². The summed E-state index contributed by atoms with van der Waals surface area (Å²) in [4.78, 5) is 12.4. The fourth-order valence-corrected chi connectivity index (χ4v) is 3.85. The highest BCUT2D eigenvalue weighted by atomic mass is 32.2. The van der Waals surface area contributed by atoms with Crippen molar-refractivity contribution >= 4 is 23.4 Å². The van der Waals surface area contributed by atoms with Crippen molar-refractivity contribution in [2.24, 2.45) is 0 Å². The SMILES string of the molecule is O=C(CSC(c1ccc(F)cc1)c1ccc(F)cc1)Nc1cccc(CO)c1. The van der Waals surface area contributed by atoms with Gasteiger partial charge in [0.25, 0.3) is 0 Å². The number of amides is 1. The van der Waals surface area contributed by atoms with E-state index in [0.717, 1.165) is 11.1 Å². The van der Waals surface area contributed by atoms with Gasteiger partial charge in [-0.1, -0.05) is 36.4 Å². The zero-order chi connectivity index (χ0) is 19.9. The Labute approximate surface area is 166 Å².